The molecule has 0 rings (SSSR count). The lowest BCUT2D eigenvalue weighted by atomic mass is 10.2. The zero-order chi connectivity index (χ0) is 11.6. The van der Waals surface area contributed by atoms with Gasteiger partial charge in [0.15, 0.2) is 0 Å². The van der Waals surface area contributed by atoms with Crippen LogP contribution in [0.1, 0.15) is 13.8 Å². The zero-order valence-electron chi connectivity index (χ0n) is 8.91. The smallest absolute Gasteiger partial charge is 0.322 e. The van der Waals surface area contributed by atoms with Gasteiger partial charge in [0.25, 0.3) is 0 Å². The van der Waals surface area contributed by atoms with Gasteiger partial charge in [-0.2, -0.15) is 5.26 Å². The Morgan fingerprint density at radius 2 is 2.00 bits per heavy atom. The number of esters is 1. The third-order valence-corrected chi connectivity index (χ3v) is 1.27. The number of methoxy groups -OCH3 is 2. The number of nitrogens with zero attached hydrogens (tertiary/aromatic N) is 1. The van der Waals surface area contributed by atoms with Crippen LogP contribution < -0.4 is 0 Å². The van der Waals surface area contributed by atoms with Gasteiger partial charge in [-0.25, -0.2) is 0 Å². The Labute approximate surface area is 89.7 Å². The van der Waals surface area contributed by atoms with E-state index < -0.39 is 11.9 Å². The molecule has 14 heavy (non-hydrogen) atoms. The van der Waals surface area contributed by atoms with E-state index in [2.05, 4.69) is 9.47 Å². The topological polar surface area (TPSA) is 59.3 Å². The molecule has 2 unspecified atom stereocenters. The highest BCUT2D eigenvalue weighted by molar-refractivity contribution is 6.20. The minimum absolute atomic E-state index is 0.148. The number of nitriles is 1. The summed E-state index contributed by atoms with van der Waals surface area (Å²) in [5, 5.41) is 8.23. The van der Waals surface area contributed by atoms with Crippen molar-refractivity contribution in [2.75, 3.05) is 20.8 Å². The first-order valence-corrected chi connectivity index (χ1v) is 4.53. The highest BCUT2D eigenvalue weighted by atomic mass is 35.5. The largest absolute Gasteiger partial charge is 0.468 e. The van der Waals surface area contributed by atoms with E-state index in [4.69, 9.17) is 16.9 Å². The maximum absolute atomic E-state index is 10.3. The van der Waals surface area contributed by atoms with E-state index in [0.29, 0.717) is 6.61 Å². The lowest BCUT2D eigenvalue weighted by Gasteiger charge is -1.95. The predicted molar refractivity (Wildman–Crippen MR) is 54.0 cm³/mol. The van der Waals surface area contributed by atoms with Crippen LogP contribution in [0, 0.1) is 17.2 Å². The molecule has 4 nitrogen and oxygen atoms in total. The lowest BCUT2D eigenvalue weighted by molar-refractivity contribution is -0.142. The summed E-state index contributed by atoms with van der Waals surface area (Å²) in [5.41, 5.74) is 0. The van der Waals surface area contributed by atoms with Gasteiger partial charge in [0.1, 0.15) is 5.92 Å². The number of hydrogen-bond acceptors (Lipinski definition) is 4. The van der Waals surface area contributed by atoms with Crippen LogP contribution in [0.2, 0.25) is 0 Å². The average molecular weight is 222 g/mol. The Morgan fingerprint density at radius 3 is 2.07 bits per heavy atom. The molecule has 0 bridgehead atoms. The SMILES string of the molecule is COC(=O)C(C)C#N.COCC(C)Cl. The number of carbonyl (C=O) groups excluding carboxylic acids is 1. The summed E-state index contributed by atoms with van der Waals surface area (Å²) in [6.45, 7) is 4.03. The first-order chi connectivity index (χ1) is 6.49. The van der Waals surface area contributed by atoms with Crippen LogP contribution in [0.4, 0.5) is 0 Å². The minimum Gasteiger partial charge on any atom is -0.468 e. The molecule has 0 amide bonds. The molecular weight excluding hydrogens is 206 g/mol. The van der Waals surface area contributed by atoms with Crippen LogP contribution in [0.25, 0.3) is 0 Å². The van der Waals surface area contributed by atoms with Crippen LogP contribution in [0.15, 0.2) is 0 Å². The highest BCUT2D eigenvalue weighted by Gasteiger charge is 2.09. The molecule has 0 radical (unpaired) electrons. The van der Waals surface area contributed by atoms with Gasteiger partial charge in [0.2, 0.25) is 0 Å². The van der Waals surface area contributed by atoms with Gasteiger partial charge in [-0.05, 0) is 13.8 Å². The van der Waals surface area contributed by atoms with Crippen LogP contribution in [0.3, 0.4) is 0 Å². The number of alkyl halides is 1. The van der Waals surface area contributed by atoms with Crippen molar-refractivity contribution in [1.82, 2.24) is 0 Å². The molecule has 5 heteroatoms. The Balaban J connectivity index is 0. The van der Waals surface area contributed by atoms with Crippen molar-refractivity contribution in [3.05, 3.63) is 0 Å². The summed E-state index contributed by atoms with van der Waals surface area (Å²) in [6, 6.07) is 1.74. The first kappa shape index (κ1) is 15.7. The van der Waals surface area contributed by atoms with Crippen molar-refractivity contribution in [3.63, 3.8) is 0 Å². The molecule has 0 fully saturated rings. The van der Waals surface area contributed by atoms with E-state index in [1.165, 1.54) is 14.0 Å². The van der Waals surface area contributed by atoms with Gasteiger partial charge in [-0.1, -0.05) is 0 Å². The van der Waals surface area contributed by atoms with E-state index in [-0.39, 0.29) is 5.38 Å². The monoisotopic (exact) mass is 221 g/mol. The van der Waals surface area contributed by atoms with E-state index in [9.17, 15) is 4.79 Å². The van der Waals surface area contributed by atoms with E-state index in [1.54, 1.807) is 13.2 Å². The number of ether oxygens (including phenoxy) is 2. The third kappa shape index (κ3) is 11.2. The fourth-order valence-electron chi connectivity index (χ4n) is 0.459. The van der Waals surface area contributed by atoms with Crippen LogP contribution in [-0.4, -0.2) is 32.2 Å². The molecular formula is C9H16ClNO3. The predicted octanol–water partition coefficient (Wildman–Crippen LogP) is 1.58. The van der Waals surface area contributed by atoms with Gasteiger partial charge < -0.3 is 9.47 Å². The molecule has 0 aliphatic carbocycles. The first-order valence-electron chi connectivity index (χ1n) is 4.10. The Kier molecular flexibility index (Phi) is 11.5. The molecule has 0 saturated heterocycles. The van der Waals surface area contributed by atoms with Crippen molar-refractivity contribution < 1.29 is 14.3 Å². The lowest BCUT2D eigenvalue weighted by Crippen LogP contribution is -2.09. The standard InChI is InChI=1S/C5H7NO2.C4H9ClO/c1-4(3-6)5(7)8-2;1-4(5)3-6-2/h4H,1-2H3;4H,3H2,1-2H3. The summed E-state index contributed by atoms with van der Waals surface area (Å²) >= 11 is 5.45. The minimum atomic E-state index is -0.639. The van der Waals surface area contributed by atoms with Crippen molar-refractivity contribution in [2.24, 2.45) is 5.92 Å². The van der Waals surface area contributed by atoms with Crippen molar-refractivity contribution in [1.29, 1.82) is 5.26 Å². The van der Waals surface area contributed by atoms with Crippen LogP contribution >= 0.6 is 11.6 Å². The average Bonchev–Trinajstić information content (AvgIpc) is 2.16. The fraction of sp³-hybridized carbons (Fsp3) is 0.778. The highest BCUT2D eigenvalue weighted by Crippen LogP contribution is 1.92. The quantitative estimate of drug-likeness (QED) is 0.536. The van der Waals surface area contributed by atoms with Crippen molar-refractivity contribution >= 4 is 17.6 Å². The maximum atomic E-state index is 10.3. The van der Waals surface area contributed by atoms with E-state index >= 15 is 0 Å². The Bertz CT molecular complexity index is 189. The number of carbonyl (C=O) groups is 1. The molecule has 0 aromatic carbocycles. The molecule has 82 valence electrons. The summed E-state index contributed by atoms with van der Waals surface area (Å²) in [5.74, 6) is -1.12. The zero-order valence-corrected chi connectivity index (χ0v) is 9.67. The van der Waals surface area contributed by atoms with E-state index in [0.717, 1.165) is 0 Å². The molecule has 2 atom stereocenters. The number of rotatable bonds is 3. The second kappa shape index (κ2) is 10.3. The van der Waals surface area contributed by atoms with Gasteiger partial charge >= 0.3 is 5.97 Å². The second-order valence-corrected chi connectivity index (χ2v) is 3.36. The van der Waals surface area contributed by atoms with Gasteiger partial charge in [0, 0.05) is 7.11 Å². The van der Waals surface area contributed by atoms with E-state index in [1.807, 2.05) is 6.92 Å². The normalized spacial score (nSPS) is 12.9. The Morgan fingerprint density at radius 1 is 1.50 bits per heavy atom. The van der Waals surface area contributed by atoms with Crippen LogP contribution in [0.5, 0.6) is 0 Å². The molecule has 0 N–H and O–H groups in total. The second-order valence-electron chi connectivity index (χ2n) is 2.61. The number of hydrogen-bond donors (Lipinski definition) is 0. The number of halogens is 1. The van der Waals surface area contributed by atoms with Crippen LogP contribution in [-0.2, 0) is 14.3 Å². The molecule has 0 aliphatic rings. The molecule has 0 aromatic rings. The fourth-order valence-corrected chi connectivity index (χ4v) is 0.585. The summed E-state index contributed by atoms with van der Waals surface area (Å²) in [7, 11) is 2.90. The van der Waals surface area contributed by atoms with Crippen molar-refractivity contribution in [2.45, 2.75) is 19.2 Å². The third-order valence-electron chi connectivity index (χ3n) is 1.14. The Hall–Kier alpha value is -0.790. The molecule has 0 aromatic heterocycles. The molecule has 0 aliphatic heterocycles. The molecule has 0 spiro atoms. The summed E-state index contributed by atoms with van der Waals surface area (Å²) < 4.78 is 8.91. The van der Waals surface area contributed by atoms with Gasteiger partial charge in [0.05, 0.1) is 25.2 Å². The summed E-state index contributed by atoms with van der Waals surface area (Å²) in [4.78, 5) is 10.3. The summed E-state index contributed by atoms with van der Waals surface area (Å²) in [6.07, 6.45) is 0. The van der Waals surface area contributed by atoms with Gasteiger partial charge in [-0.3, -0.25) is 4.79 Å². The van der Waals surface area contributed by atoms with Gasteiger partial charge in [-0.15, -0.1) is 11.6 Å². The maximum Gasteiger partial charge on any atom is 0.322 e. The molecule has 0 heterocycles. The van der Waals surface area contributed by atoms with Crippen molar-refractivity contribution in [3.8, 4) is 6.07 Å². The molecule has 0 saturated carbocycles.